The van der Waals surface area contributed by atoms with Crippen molar-refractivity contribution in [1.29, 1.82) is 0 Å². The molecular formula is C16H13F2NO2. The Morgan fingerprint density at radius 2 is 2.10 bits per heavy atom. The van der Waals surface area contributed by atoms with Crippen LogP contribution < -0.4 is 4.74 Å². The normalized spacial score (nSPS) is 10.4. The van der Waals surface area contributed by atoms with Gasteiger partial charge in [0.2, 0.25) is 0 Å². The van der Waals surface area contributed by atoms with Crippen molar-refractivity contribution in [3.63, 3.8) is 0 Å². The van der Waals surface area contributed by atoms with Crippen molar-refractivity contribution in [2.45, 2.75) is 26.7 Å². The van der Waals surface area contributed by atoms with E-state index < -0.39 is 17.6 Å². The number of aromatic nitrogens is 1. The molecule has 0 radical (unpaired) electrons. The van der Waals surface area contributed by atoms with Gasteiger partial charge in [0.15, 0.2) is 11.6 Å². The van der Waals surface area contributed by atoms with Crippen LogP contribution in [0.25, 0.3) is 10.9 Å². The van der Waals surface area contributed by atoms with Gasteiger partial charge in [-0.2, -0.15) is 0 Å². The number of pyridine rings is 1. The minimum Gasteiger partial charge on any atom is -0.425 e. The predicted octanol–water partition coefficient (Wildman–Crippen LogP) is 3.45. The summed E-state index contributed by atoms with van der Waals surface area (Å²) in [5, 5.41) is -0.132. The highest BCUT2D eigenvalue weighted by molar-refractivity contribution is 5.90. The standard InChI is InChI=1S/C16H13F2NO2/c1-4-5-6-13(20)21-16-9(2)10(3)19-12-8-7-11(17)15(18)14(12)16/h1,7-8H,5-6H2,2-3H3. The van der Waals surface area contributed by atoms with Gasteiger partial charge in [0.05, 0.1) is 17.3 Å². The number of halogens is 2. The van der Waals surface area contributed by atoms with E-state index >= 15 is 0 Å². The van der Waals surface area contributed by atoms with E-state index in [1.165, 1.54) is 6.07 Å². The molecule has 0 bridgehead atoms. The highest BCUT2D eigenvalue weighted by atomic mass is 19.2. The number of carbonyl (C=O) groups is 1. The van der Waals surface area contributed by atoms with E-state index in [2.05, 4.69) is 10.9 Å². The Balaban J connectivity index is 2.60. The molecule has 2 aromatic rings. The summed E-state index contributed by atoms with van der Waals surface area (Å²) in [4.78, 5) is 15.9. The first kappa shape index (κ1) is 14.9. The van der Waals surface area contributed by atoms with E-state index in [0.717, 1.165) is 6.07 Å². The van der Waals surface area contributed by atoms with Crippen molar-refractivity contribution >= 4 is 16.9 Å². The first-order valence-electron chi connectivity index (χ1n) is 6.34. The monoisotopic (exact) mass is 289 g/mol. The van der Waals surface area contributed by atoms with Crippen molar-refractivity contribution in [2.24, 2.45) is 0 Å². The van der Waals surface area contributed by atoms with Crippen molar-refractivity contribution in [2.75, 3.05) is 0 Å². The molecule has 0 saturated heterocycles. The molecule has 3 nitrogen and oxygen atoms in total. The summed E-state index contributed by atoms with van der Waals surface area (Å²) in [6, 6.07) is 2.34. The number of fused-ring (bicyclic) bond motifs is 1. The first-order valence-corrected chi connectivity index (χ1v) is 6.34. The smallest absolute Gasteiger partial charge is 0.312 e. The summed E-state index contributed by atoms with van der Waals surface area (Å²) in [6.07, 6.45) is 5.31. The maximum atomic E-state index is 14.0. The average molecular weight is 289 g/mol. The number of carbonyl (C=O) groups excluding carboxylic acids is 1. The third-order valence-electron chi connectivity index (χ3n) is 3.16. The van der Waals surface area contributed by atoms with Gasteiger partial charge in [0.1, 0.15) is 5.75 Å². The molecule has 0 aliphatic rings. The van der Waals surface area contributed by atoms with Crippen LogP contribution in [-0.4, -0.2) is 11.0 Å². The van der Waals surface area contributed by atoms with Crippen molar-refractivity contribution < 1.29 is 18.3 Å². The van der Waals surface area contributed by atoms with E-state index in [-0.39, 0.29) is 29.5 Å². The topological polar surface area (TPSA) is 39.2 Å². The number of rotatable bonds is 3. The van der Waals surface area contributed by atoms with Gasteiger partial charge in [-0.1, -0.05) is 0 Å². The summed E-state index contributed by atoms with van der Waals surface area (Å²) in [6.45, 7) is 3.34. The third-order valence-corrected chi connectivity index (χ3v) is 3.16. The van der Waals surface area contributed by atoms with Gasteiger partial charge in [-0.25, -0.2) is 8.78 Å². The van der Waals surface area contributed by atoms with Crippen LogP contribution in [0.2, 0.25) is 0 Å². The zero-order chi connectivity index (χ0) is 15.6. The molecule has 5 heteroatoms. The molecule has 1 aromatic heterocycles. The molecule has 0 fully saturated rings. The average Bonchev–Trinajstić information content (AvgIpc) is 2.45. The number of hydrogen-bond donors (Lipinski definition) is 0. The molecule has 0 spiro atoms. The number of esters is 1. The lowest BCUT2D eigenvalue weighted by molar-refractivity contribution is -0.134. The molecule has 0 N–H and O–H groups in total. The van der Waals surface area contributed by atoms with Gasteiger partial charge in [-0.15, -0.1) is 12.3 Å². The molecule has 108 valence electrons. The Hall–Kier alpha value is -2.48. The molecule has 0 amide bonds. The largest absolute Gasteiger partial charge is 0.425 e. The van der Waals surface area contributed by atoms with Crippen LogP contribution in [0, 0.1) is 37.8 Å². The number of ether oxygens (including phenoxy) is 1. The second-order valence-electron chi connectivity index (χ2n) is 4.59. The number of aryl methyl sites for hydroxylation is 1. The molecule has 0 aliphatic heterocycles. The maximum Gasteiger partial charge on any atom is 0.312 e. The quantitative estimate of drug-likeness (QED) is 0.641. The fraction of sp³-hybridized carbons (Fsp3) is 0.250. The van der Waals surface area contributed by atoms with Gasteiger partial charge in [-0.3, -0.25) is 9.78 Å². The van der Waals surface area contributed by atoms with Crippen LogP contribution in [0.15, 0.2) is 12.1 Å². The van der Waals surface area contributed by atoms with Gasteiger partial charge in [-0.05, 0) is 26.0 Å². The second-order valence-corrected chi connectivity index (χ2v) is 4.59. The van der Waals surface area contributed by atoms with Gasteiger partial charge < -0.3 is 4.74 Å². The third kappa shape index (κ3) is 2.84. The van der Waals surface area contributed by atoms with Crippen molar-refractivity contribution in [1.82, 2.24) is 4.98 Å². The summed E-state index contributed by atoms with van der Waals surface area (Å²) < 4.78 is 32.7. The van der Waals surface area contributed by atoms with E-state index in [9.17, 15) is 13.6 Å². The lowest BCUT2D eigenvalue weighted by atomic mass is 10.1. The van der Waals surface area contributed by atoms with E-state index in [1.54, 1.807) is 13.8 Å². The zero-order valence-electron chi connectivity index (χ0n) is 11.7. The fourth-order valence-electron chi connectivity index (χ4n) is 1.93. The minimum atomic E-state index is -1.08. The molecule has 1 heterocycles. The van der Waals surface area contributed by atoms with E-state index in [1.807, 2.05) is 0 Å². The Bertz CT molecular complexity index is 763. The zero-order valence-corrected chi connectivity index (χ0v) is 11.7. The first-order chi connectivity index (χ1) is 9.95. The fourth-order valence-corrected chi connectivity index (χ4v) is 1.93. The summed E-state index contributed by atoms with van der Waals surface area (Å²) in [7, 11) is 0. The maximum absolute atomic E-state index is 14.0. The minimum absolute atomic E-state index is 0.00322. The second kappa shape index (κ2) is 5.88. The lowest BCUT2D eigenvalue weighted by Gasteiger charge is -2.13. The predicted molar refractivity (Wildman–Crippen MR) is 74.8 cm³/mol. The number of terminal acetylenes is 1. The van der Waals surface area contributed by atoms with Crippen LogP contribution in [0.4, 0.5) is 8.78 Å². The highest BCUT2D eigenvalue weighted by Crippen LogP contribution is 2.33. The Morgan fingerprint density at radius 1 is 1.38 bits per heavy atom. The van der Waals surface area contributed by atoms with Crippen LogP contribution in [-0.2, 0) is 4.79 Å². The molecule has 0 unspecified atom stereocenters. The van der Waals surface area contributed by atoms with Gasteiger partial charge in [0, 0.05) is 17.7 Å². The van der Waals surface area contributed by atoms with Crippen molar-refractivity contribution in [3.8, 4) is 18.1 Å². The number of hydrogen-bond acceptors (Lipinski definition) is 3. The molecule has 0 aliphatic carbocycles. The molecule has 2 rings (SSSR count). The Morgan fingerprint density at radius 3 is 2.76 bits per heavy atom. The molecule has 0 saturated carbocycles. The van der Waals surface area contributed by atoms with E-state index in [4.69, 9.17) is 11.2 Å². The molecule has 0 atom stereocenters. The van der Waals surface area contributed by atoms with Crippen LogP contribution in [0.3, 0.4) is 0 Å². The Kier molecular flexibility index (Phi) is 4.18. The summed E-state index contributed by atoms with van der Waals surface area (Å²) in [5.74, 6) is -0.374. The summed E-state index contributed by atoms with van der Waals surface area (Å²) in [5.41, 5.74) is 1.30. The Labute approximate surface area is 120 Å². The molecular weight excluding hydrogens is 276 g/mol. The number of benzene rings is 1. The van der Waals surface area contributed by atoms with Crippen LogP contribution in [0.1, 0.15) is 24.1 Å². The van der Waals surface area contributed by atoms with Crippen LogP contribution in [0.5, 0.6) is 5.75 Å². The SMILES string of the molecule is C#CCCC(=O)Oc1c(C)c(C)nc2ccc(F)c(F)c12. The summed E-state index contributed by atoms with van der Waals surface area (Å²) >= 11 is 0. The van der Waals surface area contributed by atoms with Gasteiger partial charge >= 0.3 is 5.97 Å². The highest BCUT2D eigenvalue weighted by Gasteiger charge is 2.19. The number of nitrogens with zero attached hydrogens (tertiary/aromatic N) is 1. The lowest BCUT2D eigenvalue weighted by Crippen LogP contribution is -2.10. The van der Waals surface area contributed by atoms with Gasteiger partial charge in [0.25, 0.3) is 0 Å². The molecule has 21 heavy (non-hydrogen) atoms. The van der Waals surface area contributed by atoms with E-state index in [0.29, 0.717) is 11.3 Å². The van der Waals surface area contributed by atoms with Crippen LogP contribution >= 0.6 is 0 Å². The van der Waals surface area contributed by atoms with Crippen molar-refractivity contribution in [3.05, 3.63) is 35.0 Å². The molecule has 1 aromatic carbocycles.